The van der Waals surface area contributed by atoms with Gasteiger partial charge in [-0.25, -0.2) is 9.78 Å². The van der Waals surface area contributed by atoms with Gasteiger partial charge in [0.25, 0.3) is 0 Å². The summed E-state index contributed by atoms with van der Waals surface area (Å²) >= 11 is 6.22. The van der Waals surface area contributed by atoms with Crippen molar-refractivity contribution in [3.63, 3.8) is 0 Å². The van der Waals surface area contributed by atoms with Gasteiger partial charge in [0.05, 0.1) is 30.1 Å². The van der Waals surface area contributed by atoms with Crippen molar-refractivity contribution in [1.29, 1.82) is 0 Å². The monoisotopic (exact) mass is 446 g/mol. The van der Waals surface area contributed by atoms with E-state index < -0.39 is 5.97 Å². The van der Waals surface area contributed by atoms with Crippen LogP contribution in [0.25, 0.3) is 11.3 Å². The standard InChI is InChI=1S/C25H35ClN2O3/c1-4-6-7-8-9-10-15-30-21-13-11-20(12-14-21)23-16-28-24(17-27-23)25(29)31-18-22(26)19(3)5-2/h11-14,16-17,19,22H,4-10,15,18H2,1-3H3/t19-,22+/m0/s1. The van der Waals surface area contributed by atoms with Crippen LogP contribution in [-0.2, 0) is 4.74 Å². The normalized spacial score (nSPS) is 12.9. The van der Waals surface area contributed by atoms with Crippen LogP contribution in [0.15, 0.2) is 36.7 Å². The molecule has 5 nitrogen and oxygen atoms in total. The van der Waals surface area contributed by atoms with E-state index in [9.17, 15) is 4.79 Å². The molecule has 0 saturated heterocycles. The maximum atomic E-state index is 12.2. The van der Waals surface area contributed by atoms with Gasteiger partial charge < -0.3 is 9.47 Å². The zero-order valence-electron chi connectivity index (χ0n) is 19.0. The highest BCUT2D eigenvalue weighted by atomic mass is 35.5. The second kappa shape index (κ2) is 14.0. The Morgan fingerprint density at radius 2 is 1.71 bits per heavy atom. The van der Waals surface area contributed by atoms with Crippen molar-refractivity contribution in [3.8, 4) is 17.0 Å². The summed E-state index contributed by atoms with van der Waals surface area (Å²) in [4.78, 5) is 20.7. The topological polar surface area (TPSA) is 61.3 Å². The second-order valence-electron chi connectivity index (χ2n) is 7.93. The molecule has 0 N–H and O–H groups in total. The third-order valence-corrected chi connectivity index (χ3v) is 5.97. The molecule has 0 saturated carbocycles. The number of hydrogen-bond donors (Lipinski definition) is 0. The van der Waals surface area contributed by atoms with Crippen molar-refractivity contribution in [2.75, 3.05) is 13.2 Å². The van der Waals surface area contributed by atoms with Crippen LogP contribution in [0, 0.1) is 5.92 Å². The van der Waals surface area contributed by atoms with E-state index in [0.29, 0.717) is 5.69 Å². The minimum Gasteiger partial charge on any atom is -0.494 e. The smallest absolute Gasteiger partial charge is 0.358 e. The van der Waals surface area contributed by atoms with Crippen LogP contribution >= 0.6 is 11.6 Å². The summed E-state index contributed by atoms with van der Waals surface area (Å²) in [5, 5.41) is -0.206. The minimum absolute atomic E-state index is 0.166. The Bertz CT molecular complexity index is 765. The second-order valence-corrected chi connectivity index (χ2v) is 8.49. The van der Waals surface area contributed by atoms with E-state index in [-0.39, 0.29) is 23.6 Å². The van der Waals surface area contributed by atoms with Crippen molar-refractivity contribution in [1.82, 2.24) is 9.97 Å². The maximum Gasteiger partial charge on any atom is 0.358 e. The van der Waals surface area contributed by atoms with E-state index in [4.69, 9.17) is 21.1 Å². The zero-order chi connectivity index (χ0) is 22.5. The van der Waals surface area contributed by atoms with E-state index in [2.05, 4.69) is 23.8 Å². The summed E-state index contributed by atoms with van der Waals surface area (Å²) in [5.74, 6) is 0.620. The number of esters is 1. The Morgan fingerprint density at radius 3 is 2.35 bits per heavy atom. The van der Waals surface area contributed by atoms with Gasteiger partial charge in [-0.1, -0.05) is 59.3 Å². The average molecular weight is 447 g/mol. The molecule has 0 fully saturated rings. The van der Waals surface area contributed by atoms with E-state index in [0.717, 1.165) is 30.8 Å². The molecule has 0 aliphatic heterocycles. The summed E-state index contributed by atoms with van der Waals surface area (Å²) in [6.07, 6.45) is 11.4. The van der Waals surface area contributed by atoms with Crippen molar-refractivity contribution in [2.45, 2.75) is 71.1 Å². The summed E-state index contributed by atoms with van der Waals surface area (Å²) in [6.45, 7) is 7.22. The van der Waals surface area contributed by atoms with E-state index in [1.54, 1.807) is 6.20 Å². The van der Waals surface area contributed by atoms with E-state index >= 15 is 0 Å². The molecule has 0 spiro atoms. The van der Waals surface area contributed by atoms with Gasteiger partial charge >= 0.3 is 5.97 Å². The minimum atomic E-state index is -0.508. The third kappa shape index (κ3) is 8.86. The molecule has 0 radical (unpaired) electrons. The molecule has 1 aromatic carbocycles. The van der Waals surface area contributed by atoms with E-state index in [1.165, 1.54) is 38.3 Å². The number of alkyl halides is 1. The van der Waals surface area contributed by atoms with Gasteiger partial charge in [-0.15, -0.1) is 11.6 Å². The van der Waals surface area contributed by atoms with Gasteiger partial charge in [-0.2, -0.15) is 0 Å². The number of halogens is 1. The Hall–Kier alpha value is -2.14. The Balaban J connectivity index is 1.79. The van der Waals surface area contributed by atoms with Crippen LogP contribution < -0.4 is 4.74 Å². The molecule has 0 amide bonds. The van der Waals surface area contributed by atoms with Gasteiger partial charge in [0, 0.05) is 5.56 Å². The third-order valence-electron chi connectivity index (χ3n) is 5.41. The maximum absolute atomic E-state index is 12.2. The van der Waals surface area contributed by atoms with Crippen LogP contribution in [0.2, 0.25) is 0 Å². The number of rotatable bonds is 14. The highest BCUT2D eigenvalue weighted by molar-refractivity contribution is 6.21. The predicted octanol–water partition coefficient (Wildman–Crippen LogP) is 6.69. The molecule has 1 heterocycles. The molecular formula is C25H35ClN2O3. The van der Waals surface area contributed by atoms with Gasteiger partial charge in [0.2, 0.25) is 0 Å². The number of nitrogens with zero attached hydrogens (tertiary/aromatic N) is 2. The molecule has 0 unspecified atom stereocenters. The van der Waals surface area contributed by atoms with Crippen molar-refractivity contribution < 1.29 is 14.3 Å². The first-order valence-corrected chi connectivity index (χ1v) is 11.8. The van der Waals surface area contributed by atoms with Crippen molar-refractivity contribution >= 4 is 17.6 Å². The molecule has 31 heavy (non-hydrogen) atoms. The SMILES string of the molecule is CCCCCCCCOc1ccc(-c2cnc(C(=O)OC[C@@H](Cl)[C@@H](C)CC)cn2)cc1. The number of ether oxygens (including phenoxy) is 2. The number of benzene rings is 1. The molecule has 0 aliphatic rings. The highest BCUT2D eigenvalue weighted by Gasteiger charge is 2.17. The number of carbonyl (C=O) groups is 1. The lowest BCUT2D eigenvalue weighted by Gasteiger charge is -2.15. The molecule has 0 bridgehead atoms. The first kappa shape index (κ1) is 25.1. The van der Waals surface area contributed by atoms with Gasteiger partial charge in [0.1, 0.15) is 12.4 Å². The summed E-state index contributed by atoms with van der Waals surface area (Å²) < 4.78 is 11.1. The molecule has 2 aromatic rings. The molecule has 0 aliphatic carbocycles. The van der Waals surface area contributed by atoms with Gasteiger partial charge in [-0.05, 0) is 36.6 Å². The molecule has 6 heteroatoms. The first-order valence-electron chi connectivity index (χ1n) is 11.4. The lowest BCUT2D eigenvalue weighted by Crippen LogP contribution is -2.20. The number of hydrogen-bond acceptors (Lipinski definition) is 5. The fraction of sp³-hybridized carbons (Fsp3) is 0.560. The fourth-order valence-corrected chi connectivity index (χ4v) is 3.27. The molecule has 1 aromatic heterocycles. The lowest BCUT2D eigenvalue weighted by atomic mass is 10.1. The van der Waals surface area contributed by atoms with Crippen LogP contribution in [0.5, 0.6) is 5.75 Å². The quantitative estimate of drug-likeness (QED) is 0.184. The van der Waals surface area contributed by atoms with Gasteiger partial charge in [-0.3, -0.25) is 4.98 Å². The molecule has 2 atom stereocenters. The first-order chi connectivity index (χ1) is 15.0. The average Bonchev–Trinajstić information content (AvgIpc) is 2.81. The Labute approximate surface area is 191 Å². The van der Waals surface area contributed by atoms with Crippen LogP contribution in [-0.4, -0.2) is 34.5 Å². The summed E-state index contributed by atoms with van der Waals surface area (Å²) in [6, 6.07) is 7.77. The lowest BCUT2D eigenvalue weighted by molar-refractivity contribution is 0.0482. The van der Waals surface area contributed by atoms with E-state index in [1.807, 2.05) is 31.2 Å². The number of carbonyl (C=O) groups excluding carboxylic acids is 1. The number of aromatic nitrogens is 2. The molecular weight excluding hydrogens is 412 g/mol. The predicted molar refractivity (Wildman–Crippen MR) is 126 cm³/mol. The Kier molecular flexibility index (Phi) is 11.4. The zero-order valence-corrected chi connectivity index (χ0v) is 19.7. The molecule has 2 rings (SSSR count). The summed E-state index contributed by atoms with van der Waals surface area (Å²) in [7, 11) is 0. The molecule has 170 valence electrons. The van der Waals surface area contributed by atoms with Crippen molar-refractivity contribution in [2.24, 2.45) is 5.92 Å². The number of unbranched alkanes of at least 4 members (excludes halogenated alkanes) is 5. The van der Waals surface area contributed by atoms with Gasteiger partial charge in [0.15, 0.2) is 5.69 Å². The van der Waals surface area contributed by atoms with Crippen molar-refractivity contribution in [3.05, 3.63) is 42.4 Å². The summed E-state index contributed by atoms with van der Waals surface area (Å²) in [5.41, 5.74) is 1.78. The Morgan fingerprint density at radius 1 is 1.00 bits per heavy atom. The van der Waals surface area contributed by atoms with Crippen LogP contribution in [0.4, 0.5) is 0 Å². The van der Waals surface area contributed by atoms with Crippen LogP contribution in [0.1, 0.15) is 76.2 Å². The highest BCUT2D eigenvalue weighted by Crippen LogP contribution is 2.21. The largest absolute Gasteiger partial charge is 0.494 e. The fourth-order valence-electron chi connectivity index (χ4n) is 3.03. The van der Waals surface area contributed by atoms with Crippen LogP contribution in [0.3, 0.4) is 0 Å².